The molecule has 3 N–H and O–H groups in total. The molecule has 1 aliphatic heterocycles. The van der Waals surface area contributed by atoms with Crippen LogP contribution in [0.3, 0.4) is 0 Å². The maximum atomic E-state index is 12.3. The van der Waals surface area contributed by atoms with Crippen LogP contribution in [0.4, 0.5) is 0 Å². The van der Waals surface area contributed by atoms with Crippen molar-refractivity contribution >= 4 is 5.91 Å². The fourth-order valence-corrected chi connectivity index (χ4v) is 2.60. The molecule has 0 aromatic carbocycles. The lowest BCUT2D eigenvalue weighted by Gasteiger charge is -2.31. The topological polar surface area (TPSA) is 87.9 Å². The zero-order valence-electron chi connectivity index (χ0n) is 11.6. The monoisotopic (exact) mass is 265 g/mol. The molecule has 1 saturated heterocycles. The normalized spacial score (nSPS) is 19.7. The van der Waals surface area contributed by atoms with Crippen LogP contribution in [0.25, 0.3) is 0 Å². The third-order valence-corrected chi connectivity index (χ3v) is 3.59. The molecule has 1 aliphatic rings. The molecule has 6 heteroatoms. The fraction of sp³-hybridized carbons (Fsp3) is 0.769. The number of nitrogens with two attached hydrogens (primary N) is 1. The molecule has 6 nitrogen and oxygen atoms in total. The number of carbonyl (C=O) groups excluding carboxylic acids is 1. The van der Waals surface area contributed by atoms with Crippen LogP contribution in [0.5, 0.6) is 0 Å². The van der Waals surface area contributed by atoms with Gasteiger partial charge in [-0.2, -0.15) is 0 Å². The molecule has 1 amide bonds. The SMILES string of the molecule is CCCc1nc(C(=O)N2CCCC(CCN)C2)n[nH]1. The number of amides is 1. The molecule has 106 valence electrons. The minimum absolute atomic E-state index is 0.0553. The van der Waals surface area contributed by atoms with Gasteiger partial charge in [-0.15, -0.1) is 5.10 Å². The molecule has 1 aromatic rings. The number of aromatic amines is 1. The highest BCUT2D eigenvalue weighted by molar-refractivity contribution is 5.90. The van der Waals surface area contributed by atoms with Crippen LogP contribution in [-0.2, 0) is 6.42 Å². The number of rotatable bonds is 5. The maximum absolute atomic E-state index is 12.3. The van der Waals surface area contributed by atoms with Gasteiger partial charge in [0.1, 0.15) is 5.82 Å². The summed E-state index contributed by atoms with van der Waals surface area (Å²) in [6.45, 7) is 4.35. The van der Waals surface area contributed by atoms with Gasteiger partial charge in [0.25, 0.3) is 5.91 Å². The summed E-state index contributed by atoms with van der Waals surface area (Å²) in [7, 11) is 0. The van der Waals surface area contributed by atoms with Crippen molar-refractivity contribution in [1.82, 2.24) is 20.1 Å². The molecule has 1 atom stereocenters. The second-order valence-electron chi connectivity index (χ2n) is 5.19. The third-order valence-electron chi connectivity index (χ3n) is 3.59. The number of aromatic nitrogens is 3. The summed E-state index contributed by atoms with van der Waals surface area (Å²) in [6, 6.07) is 0. The van der Waals surface area contributed by atoms with E-state index in [0.29, 0.717) is 18.3 Å². The molecular weight excluding hydrogens is 242 g/mol. The van der Waals surface area contributed by atoms with E-state index in [1.807, 2.05) is 4.90 Å². The number of H-pyrrole nitrogens is 1. The summed E-state index contributed by atoms with van der Waals surface area (Å²) in [6.07, 6.45) is 5.01. The molecule has 19 heavy (non-hydrogen) atoms. The maximum Gasteiger partial charge on any atom is 0.293 e. The van der Waals surface area contributed by atoms with Gasteiger partial charge in [0, 0.05) is 19.5 Å². The lowest BCUT2D eigenvalue weighted by atomic mass is 9.95. The smallest absolute Gasteiger partial charge is 0.293 e. The summed E-state index contributed by atoms with van der Waals surface area (Å²) in [5.74, 6) is 1.57. The molecule has 0 aliphatic carbocycles. The molecule has 0 spiro atoms. The van der Waals surface area contributed by atoms with E-state index >= 15 is 0 Å². The van der Waals surface area contributed by atoms with Crippen molar-refractivity contribution < 1.29 is 4.79 Å². The first kappa shape index (κ1) is 14.0. The van der Waals surface area contributed by atoms with E-state index in [4.69, 9.17) is 5.73 Å². The number of likely N-dealkylation sites (tertiary alicyclic amines) is 1. The first-order valence-corrected chi connectivity index (χ1v) is 7.15. The van der Waals surface area contributed by atoms with Crippen LogP contribution in [0, 0.1) is 5.92 Å². The Bertz CT molecular complexity index is 415. The lowest BCUT2D eigenvalue weighted by Crippen LogP contribution is -2.40. The van der Waals surface area contributed by atoms with E-state index in [9.17, 15) is 4.79 Å². The van der Waals surface area contributed by atoms with E-state index in [1.165, 1.54) is 0 Å². The predicted octanol–water partition coefficient (Wildman–Crippen LogP) is 0.958. The van der Waals surface area contributed by atoms with Gasteiger partial charge >= 0.3 is 0 Å². The van der Waals surface area contributed by atoms with Gasteiger partial charge < -0.3 is 10.6 Å². The summed E-state index contributed by atoms with van der Waals surface area (Å²) in [5, 5.41) is 6.86. The highest BCUT2D eigenvalue weighted by atomic mass is 16.2. The Kier molecular flexibility index (Phi) is 4.90. The molecule has 1 fully saturated rings. The van der Waals surface area contributed by atoms with Crippen molar-refractivity contribution in [3.63, 3.8) is 0 Å². The van der Waals surface area contributed by atoms with Crippen molar-refractivity contribution in [2.24, 2.45) is 11.7 Å². The second kappa shape index (κ2) is 6.65. The Balaban J connectivity index is 1.97. The zero-order chi connectivity index (χ0) is 13.7. The molecule has 1 aromatic heterocycles. The van der Waals surface area contributed by atoms with Crippen LogP contribution in [-0.4, -0.2) is 45.6 Å². The highest BCUT2D eigenvalue weighted by Gasteiger charge is 2.26. The fourth-order valence-electron chi connectivity index (χ4n) is 2.60. The molecule has 0 bridgehead atoms. The lowest BCUT2D eigenvalue weighted by molar-refractivity contribution is 0.0657. The number of aryl methyl sites for hydroxylation is 1. The zero-order valence-corrected chi connectivity index (χ0v) is 11.6. The minimum atomic E-state index is -0.0553. The van der Waals surface area contributed by atoms with Crippen molar-refractivity contribution in [3.8, 4) is 0 Å². The number of nitrogens with one attached hydrogen (secondary N) is 1. The number of hydrogen-bond donors (Lipinski definition) is 2. The Morgan fingerprint density at radius 2 is 2.42 bits per heavy atom. The van der Waals surface area contributed by atoms with E-state index < -0.39 is 0 Å². The highest BCUT2D eigenvalue weighted by Crippen LogP contribution is 2.20. The van der Waals surface area contributed by atoms with Crippen molar-refractivity contribution in [2.45, 2.75) is 39.0 Å². The average molecular weight is 265 g/mol. The van der Waals surface area contributed by atoms with Crippen LogP contribution in [0.15, 0.2) is 0 Å². The quantitative estimate of drug-likeness (QED) is 0.830. The van der Waals surface area contributed by atoms with Gasteiger partial charge in [0.15, 0.2) is 0 Å². The third kappa shape index (κ3) is 3.53. The van der Waals surface area contributed by atoms with Crippen LogP contribution in [0.2, 0.25) is 0 Å². The number of hydrogen-bond acceptors (Lipinski definition) is 4. The van der Waals surface area contributed by atoms with E-state index in [1.54, 1.807) is 0 Å². The second-order valence-corrected chi connectivity index (χ2v) is 5.19. The minimum Gasteiger partial charge on any atom is -0.336 e. The van der Waals surface area contributed by atoms with Crippen LogP contribution >= 0.6 is 0 Å². The largest absolute Gasteiger partial charge is 0.336 e. The first-order valence-electron chi connectivity index (χ1n) is 7.15. The Hall–Kier alpha value is -1.43. The average Bonchev–Trinajstić information content (AvgIpc) is 2.88. The van der Waals surface area contributed by atoms with Crippen molar-refractivity contribution in [2.75, 3.05) is 19.6 Å². The summed E-state index contributed by atoms with van der Waals surface area (Å²) in [5.41, 5.74) is 5.60. The van der Waals surface area contributed by atoms with Crippen LogP contribution in [0.1, 0.15) is 49.1 Å². The van der Waals surface area contributed by atoms with Crippen molar-refractivity contribution in [1.29, 1.82) is 0 Å². The van der Waals surface area contributed by atoms with E-state index in [-0.39, 0.29) is 5.91 Å². The standard InChI is InChI=1S/C13H23N5O/c1-2-4-11-15-12(17-16-11)13(19)18-8-3-5-10(9-18)6-7-14/h10H,2-9,14H2,1H3,(H,15,16,17). The summed E-state index contributed by atoms with van der Waals surface area (Å²) >= 11 is 0. The van der Waals surface area contributed by atoms with Crippen LogP contribution < -0.4 is 5.73 Å². The summed E-state index contributed by atoms with van der Waals surface area (Å²) in [4.78, 5) is 18.4. The predicted molar refractivity (Wildman–Crippen MR) is 72.7 cm³/mol. The number of piperidine rings is 1. The van der Waals surface area contributed by atoms with Gasteiger partial charge in [-0.05, 0) is 38.1 Å². The van der Waals surface area contributed by atoms with Gasteiger partial charge in [-0.25, -0.2) is 4.98 Å². The number of carbonyl (C=O) groups is 1. The van der Waals surface area contributed by atoms with Gasteiger partial charge in [-0.3, -0.25) is 9.89 Å². The van der Waals surface area contributed by atoms with Gasteiger partial charge in [-0.1, -0.05) is 6.92 Å². The molecule has 1 unspecified atom stereocenters. The molecular formula is C13H23N5O. The summed E-state index contributed by atoms with van der Waals surface area (Å²) < 4.78 is 0. The molecule has 0 radical (unpaired) electrons. The first-order chi connectivity index (χ1) is 9.24. The van der Waals surface area contributed by atoms with Crippen molar-refractivity contribution in [3.05, 3.63) is 11.6 Å². The Labute approximate surface area is 113 Å². The van der Waals surface area contributed by atoms with E-state index in [2.05, 4.69) is 22.1 Å². The Morgan fingerprint density at radius 1 is 1.58 bits per heavy atom. The van der Waals surface area contributed by atoms with Gasteiger partial charge in [0.2, 0.25) is 5.82 Å². The van der Waals surface area contributed by atoms with E-state index in [0.717, 1.165) is 51.0 Å². The molecule has 2 heterocycles. The Morgan fingerprint density at radius 3 is 3.16 bits per heavy atom. The number of nitrogens with zero attached hydrogens (tertiary/aromatic N) is 3. The van der Waals surface area contributed by atoms with Gasteiger partial charge in [0.05, 0.1) is 0 Å². The molecule has 2 rings (SSSR count). The molecule has 0 saturated carbocycles.